The molecule has 2 aromatic heterocycles. The Labute approximate surface area is 198 Å². The Morgan fingerprint density at radius 1 is 1.06 bits per heavy atom. The molecule has 34 heavy (non-hydrogen) atoms. The second-order valence-electron chi connectivity index (χ2n) is 8.18. The molecule has 1 aliphatic rings. The van der Waals surface area contributed by atoms with Crippen LogP contribution in [0.25, 0.3) is 11.3 Å². The van der Waals surface area contributed by atoms with Crippen LogP contribution in [0, 0.1) is 0 Å². The molecule has 0 unspecified atom stereocenters. The SMILES string of the molecule is NCCNc1ccc(-c2ccnc(Nc3cccc(CN4CCN(CC(=O)O)CC4)c3)n2)cn1. The van der Waals surface area contributed by atoms with Crippen LogP contribution in [-0.2, 0) is 11.3 Å². The Balaban J connectivity index is 1.36. The molecule has 0 spiro atoms. The van der Waals surface area contributed by atoms with E-state index in [1.165, 1.54) is 5.56 Å². The van der Waals surface area contributed by atoms with E-state index in [1.807, 2.05) is 35.2 Å². The third-order valence-electron chi connectivity index (χ3n) is 5.58. The van der Waals surface area contributed by atoms with Gasteiger partial charge in [0.1, 0.15) is 5.82 Å². The van der Waals surface area contributed by atoms with Gasteiger partial charge in [0.25, 0.3) is 0 Å². The first-order valence-corrected chi connectivity index (χ1v) is 11.3. The van der Waals surface area contributed by atoms with Crippen LogP contribution < -0.4 is 16.4 Å². The molecule has 4 rings (SSSR count). The van der Waals surface area contributed by atoms with E-state index in [1.54, 1.807) is 12.4 Å². The highest BCUT2D eigenvalue weighted by Gasteiger charge is 2.18. The normalized spacial score (nSPS) is 14.6. The summed E-state index contributed by atoms with van der Waals surface area (Å²) >= 11 is 0. The number of carbonyl (C=O) groups is 1. The van der Waals surface area contributed by atoms with Gasteiger partial charge < -0.3 is 21.5 Å². The fourth-order valence-corrected chi connectivity index (χ4v) is 3.86. The molecular formula is C24H30N8O2. The molecule has 0 aliphatic carbocycles. The Kier molecular flexibility index (Phi) is 7.97. The number of anilines is 3. The number of nitrogens with zero attached hydrogens (tertiary/aromatic N) is 5. The fourth-order valence-electron chi connectivity index (χ4n) is 3.86. The van der Waals surface area contributed by atoms with Crippen molar-refractivity contribution in [1.82, 2.24) is 24.8 Å². The molecule has 0 amide bonds. The average Bonchev–Trinajstić information content (AvgIpc) is 2.84. The quantitative estimate of drug-likeness (QED) is 0.354. The van der Waals surface area contributed by atoms with Gasteiger partial charge >= 0.3 is 5.97 Å². The van der Waals surface area contributed by atoms with E-state index >= 15 is 0 Å². The molecule has 0 radical (unpaired) electrons. The van der Waals surface area contributed by atoms with Crippen LogP contribution in [0.1, 0.15) is 5.56 Å². The van der Waals surface area contributed by atoms with E-state index in [2.05, 4.69) is 42.6 Å². The van der Waals surface area contributed by atoms with Gasteiger partial charge in [-0.2, -0.15) is 0 Å². The maximum atomic E-state index is 10.9. The molecule has 1 saturated heterocycles. The van der Waals surface area contributed by atoms with Crippen LogP contribution in [-0.4, -0.2) is 81.6 Å². The number of nitrogens with two attached hydrogens (primary N) is 1. The summed E-state index contributed by atoms with van der Waals surface area (Å²) in [5.74, 6) is 0.523. The van der Waals surface area contributed by atoms with Crippen molar-refractivity contribution in [1.29, 1.82) is 0 Å². The lowest BCUT2D eigenvalue weighted by Crippen LogP contribution is -2.47. The van der Waals surface area contributed by atoms with E-state index in [4.69, 9.17) is 10.8 Å². The van der Waals surface area contributed by atoms with Crippen LogP contribution in [0.2, 0.25) is 0 Å². The van der Waals surface area contributed by atoms with Gasteiger partial charge in [-0.25, -0.2) is 15.0 Å². The van der Waals surface area contributed by atoms with Crippen LogP contribution in [0.4, 0.5) is 17.5 Å². The smallest absolute Gasteiger partial charge is 0.317 e. The van der Waals surface area contributed by atoms with Gasteiger partial charge in [-0.1, -0.05) is 12.1 Å². The molecule has 10 heteroatoms. The number of carboxylic acids is 1. The Bertz CT molecular complexity index is 1080. The molecule has 1 fully saturated rings. The number of benzene rings is 1. The van der Waals surface area contributed by atoms with Gasteiger partial charge in [-0.15, -0.1) is 0 Å². The van der Waals surface area contributed by atoms with Gasteiger partial charge in [-0.05, 0) is 35.9 Å². The standard InChI is InChI=1S/C24H30N8O2/c25-7-9-26-22-5-4-19(15-28-22)21-6-8-27-24(30-21)29-20-3-1-2-18(14-20)16-31-10-12-32(13-11-31)17-23(33)34/h1-6,8,14-15H,7,9-13,16-17,25H2,(H,26,28)(H,33,34)(H,27,29,30). The maximum absolute atomic E-state index is 10.9. The lowest BCUT2D eigenvalue weighted by molar-refractivity contribution is -0.138. The zero-order valence-corrected chi connectivity index (χ0v) is 19.0. The molecule has 1 aromatic carbocycles. The van der Waals surface area contributed by atoms with Gasteiger partial charge in [0.05, 0.1) is 12.2 Å². The van der Waals surface area contributed by atoms with Crippen molar-refractivity contribution >= 4 is 23.4 Å². The zero-order valence-electron chi connectivity index (χ0n) is 19.0. The molecule has 0 saturated carbocycles. The van der Waals surface area contributed by atoms with E-state index < -0.39 is 5.97 Å². The first-order chi connectivity index (χ1) is 16.6. The number of rotatable bonds is 10. The summed E-state index contributed by atoms with van der Waals surface area (Å²) in [7, 11) is 0. The highest BCUT2D eigenvalue weighted by atomic mass is 16.4. The lowest BCUT2D eigenvalue weighted by Gasteiger charge is -2.33. The highest BCUT2D eigenvalue weighted by molar-refractivity contribution is 5.69. The van der Waals surface area contributed by atoms with Gasteiger partial charge in [0.2, 0.25) is 5.95 Å². The summed E-state index contributed by atoms with van der Waals surface area (Å²) < 4.78 is 0. The molecule has 3 aromatic rings. The van der Waals surface area contributed by atoms with Crippen molar-refractivity contribution in [2.75, 3.05) is 56.4 Å². The molecule has 178 valence electrons. The maximum Gasteiger partial charge on any atom is 0.317 e. The topological polar surface area (TPSA) is 133 Å². The van der Waals surface area contributed by atoms with E-state index in [-0.39, 0.29) is 6.54 Å². The van der Waals surface area contributed by atoms with Crippen LogP contribution >= 0.6 is 0 Å². The number of carboxylic acid groups (broad SMARTS) is 1. The average molecular weight is 463 g/mol. The van der Waals surface area contributed by atoms with Crippen molar-refractivity contribution in [3.8, 4) is 11.3 Å². The first-order valence-electron chi connectivity index (χ1n) is 11.3. The number of nitrogens with one attached hydrogen (secondary N) is 2. The number of hydrogen-bond acceptors (Lipinski definition) is 9. The molecule has 0 bridgehead atoms. The summed E-state index contributed by atoms with van der Waals surface area (Å²) in [5.41, 5.74) is 9.30. The summed E-state index contributed by atoms with van der Waals surface area (Å²) in [5, 5.41) is 15.4. The number of aromatic nitrogens is 3. The Morgan fingerprint density at radius 3 is 2.62 bits per heavy atom. The van der Waals surface area contributed by atoms with E-state index in [0.29, 0.717) is 19.0 Å². The predicted molar refractivity (Wildman–Crippen MR) is 132 cm³/mol. The fraction of sp³-hybridized carbons (Fsp3) is 0.333. The molecule has 5 N–H and O–H groups in total. The Morgan fingerprint density at radius 2 is 1.88 bits per heavy atom. The van der Waals surface area contributed by atoms with Gasteiger partial charge in [-0.3, -0.25) is 14.6 Å². The minimum Gasteiger partial charge on any atom is -0.480 e. The monoisotopic (exact) mass is 462 g/mol. The summed E-state index contributed by atoms with van der Waals surface area (Å²) in [6.07, 6.45) is 3.51. The zero-order chi connectivity index (χ0) is 23.8. The molecule has 1 aliphatic heterocycles. The van der Waals surface area contributed by atoms with Crippen LogP contribution in [0.3, 0.4) is 0 Å². The third kappa shape index (κ3) is 6.70. The summed E-state index contributed by atoms with van der Waals surface area (Å²) in [4.78, 5) is 28.6. The van der Waals surface area contributed by atoms with Crippen molar-refractivity contribution in [2.24, 2.45) is 5.73 Å². The van der Waals surface area contributed by atoms with Crippen molar-refractivity contribution < 1.29 is 9.90 Å². The van der Waals surface area contributed by atoms with Crippen molar-refractivity contribution in [3.05, 3.63) is 60.4 Å². The molecule has 0 atom stereocenters. The summed E-state index contributed by atoms with van der Waals surface area (Å²) in [6.45, 7) is 5.39. The Hall–Kier alpha value is -3.60. The number of piperazine rings is 1. The third-order valence-corrected chi connectivity index (χ3v) is 5.58. The number of pyridine rings is 1. The van der Waals surface area contributed by atoms with Crippen molar-refractivity contribution in [2.45, 2.75) is 6.54 Å². The first kappa shape index (κ1) is 23.6. The van der Waals surface area contributed by atoms with Gasteiger partial charge in [0, 0.05) is 69.5 Å². The second-order valence-corrected chi connectivity index (χ2v) is 8.18. The van der Waals surface area contributed by atoms with Crippen molar-refractivity contribution in [3.63, 3.8) is 0 Å². The molecule has 3 heterocycles. The minimum atomic E-state index is -0.772. The molecular weight excluding hydrogens is 432 g/mol. The van der Waals surface area contributed by atoms with E-state index in [9.17, 15) is 4.79 Å². The predicted octanol–water partition coefficient (Wildman–Crippen LogP) is 1.85. The highest BCUT2D eigenvalue weighted by Crippen LogP contribution is 2.21. The van der Waals surface area contributed by atoms with Crippen LogP contribution in [0.15, 0.2) is 54.9 Å². The summed E-state index contributed by atoms with van der Waals surface area (Å²) in [6, 6.07) is 13.9. The van der Waals surface area contributed by atoms with Crippen LogP contribution in [0.5, 0.6) is 0 Å². The number of aliphatic carboxylic acids is 1. The van der Waals surface area contributed by atoms with Gasteiger partial charge in [0.15, 0.2) is 0 Å². The minimum absolute atomic E-state index is 0.109. The largest absolute Gasteiger partial charge is 0.480 e. The lowest BCUT2D eigenvalue weighted by atomic mass is 10.1. The molecule has 10 nitrogen and oxygen atoms in total. The number of hydrogen-bond donors (Lipinski definition) is 4. The van der Waals surface area contributed by atoms with E-state index in [0.717, 1.165) is 55.5 Å². The second kappa shape index (κ2) is 11.5.